The summed E-state index contributed by atoms with van der Waals surface area (Å²) in [5.74, 6) is 1.20. The van der Waals surface area contributed by atoms with Crippen LogP contribution in [0.5, 0.6) is 5.75 Å². The molecule has 0 aromatic carbocycles. The van der Waals surface area contributed by atoms with E-state index in [2.05, 4.69) is 16.9 Å². The van der Waals surface area contributed by atoms with E-state index in [-0.39, 0.29) is 6.10 Å². The number of nitrogens with two attached hydrogens (primary N) is 1. The van der Waals surface area contributed by atoms with Crippen LogP contribution in [0.15, 0.2) is 18.3 Å². The lowest BCUT2D eigenvalue weighted by Crippen LogP contribution is -2.35. The molecule has 0 unspecified atom stereocenters. The summed E-state index contributed by atoms with van der Waals surface area (Å²) < 4.78 is 5.82. The summed E-state index contributed by atoms with van der Waals surface area (Å²) in [6.45, 7) is 2.18. The molecule has 4 heteroatoms. The zero-order chi connectivity index (χ0) is 10.7. The summed E-state index contributed by atoms with van der Waals surface area (Å²) >= 11 is 0. The molecule has 0 saturated carbocycles. The van der Waals surface area contributed by atoms with E-state index in [0.29, 0.717) is 11.6 Å². The number of hydrogen-bond donors (Lipinski definition) is 1. The van der Waals surface area contributed by atoms with Gasteiger partial charge in [0.15, 0.2) is 11.6 Å². The van der Waals surface area contributed by atoms with E-state index in [1.807, 2.05) is 12.1 Å². The largest absolute Gasteiger partial charge is 0.486 e. The maximum atomic E-state index is 5.82. The fourth-order valence-corrected chi connectivity index (χ4v) is 1.78. The number of piperidine rings is 1. The first-order valence-corrected chi connectivity index (χ1v) is 5.31. The first-order valence-electron chi connectivity index (χ1n) is 5.31. The highest BCUT2D eigenvalue weighted by atomic mass is 16.5. The van der Waals surface area contributed by atoms with Crippen molar-refractivity contribution in [3.8, 4) is 5.75 Å². The van der Waals surface area contributed by atoms with Crippen LogP contribution in [-0.4, -0.2) is 36.1 Å². The van der Waals surface area contributed by atoms with E-state index in [1.165, 1.54) is 0 Å². The topological polar surface area (TPSA) is 51.4 Å². The Balaban J connectivity index is 1.95. The van der Waals surface area contributed by atoms with E-state index in [4.69, 9.17) is 10.5 Å². The average molecular weight is 207 g/mol. The van der Waals surface area contributed by atoms with E-state index in [9.17, 15) is 0 Å². The normalized spacial score (nSPS) is 19.0. The molecule has 1 aromatic heterocycles. The first-order chi connectivity index (χ1) is 7.25. The van der Waals surface area contributed by atoms with Crippen molar-refractivity contribution in [2.45, 2.75) is 18.9 Å². The maximum absolute atomic E-state index is 5.82. The van der Waals surface area contributed by atoms with Gasteiger partial charge in [0.1, 0.15) is 6.10 Å². The van der Waals surface area contributed by atoms with Gasteiger partial charge in [0.05, 0.1) is 0 Å². The Hall–Kier alpha value is -1.29. The molecule has 0 bridgehead atoms. The van der Waals surface area contributed by atoms with Gasteiger partial charge in [0.25, 0.3) is 0 Å². The van der Waals surface area contributed by atoms with E-state index in [1.54, 1.807) is 6.20 Å². The molecule has 0 aliphatic carbocycles. The number of nitrogens with zero attached hydrogens (tertiary/aromatic N) is 2. The standard InChI is InChI=1S/C11H17N3O/c1-14-7-4-9(5-8-14)15-10-3-2-6-13-11(10)12/h2-3,6,9H,4-5,7-8H2,1H3,(H2,12,13). The van der Waals surface area contributed by atoms with Crippen molar-refractivity contribution in [2.24, 2.45) is 0 Å². The minimum absolute atomic E-state index is 0.285. The van der Waals surface area contributed by atoms with Crippen LogP contribution in [0.3, 0.4) is 0 Å². The van der Waals surface area contributed by atoms with Gasteiger partial charge in [-0.05, 0) is 32.0 Å². The number of likely N-dealkylation sites (tertiary alicyclic amines) is 1. The van der Waals surface area contributed by atoms with Crippen LogP contribution >= 0.6 is 0 Å². The predicted molar refractivity (Wildman–Crippen MR) is 59.8 cm³/mol. The number of nitrogen functional groups attached to an aromatic ring is 1. The average Bonchev–Trinajstić information content (AvgIpc) is 2.25. The maximum Gasteiger partial charge on any atom is 0.166 e. The summed E-state index contributed by atoms with van der Waals surface area (Å²) in [6, 6.07) is 3.72. The highest BCUT2D eigenvalue weighted by Gasteiger charge is 2.18. The van der Waals surface area contributed by atoms with Crippen LogP contribution in [0.1, 0.15) is 12.8 Å². The molecule has 2 rings (SSSR count). The third-order valence-corrected chi connectivity index (χ3v) is 2.76. The van der Waals surface area contributed by atoms with Crippen molar-refractivity contribution < 1.29 is 4.74 Å². The Morgan fingerprint density at radius 2 is 2.20 bits per heavy atom. The van der Waals surface area contributed by atoms with E-state index >= 15 is 0 Å². The summed E-state index contributed by atoms with van der Waals surface area (Å²) in [4.78, 5) is 6.31. The van der Waals surface area contributed by atoms with Crippen LogP contribution in [0.4, 0.5) is 5.82 Å². The van der Waals surface area contributed by atoms with Gasteiger partial charge in [-0.25, -0.2) is 4.98 Å². The second kappa shape index (κ2) is 4.49. The fourth-order valence-electron chi connectivity index (χ4n) is 1.78. The molecule has 82 valence electrons. The Morgan fingerprint density at radius 3 is 2.87 bits per heavy atom. The molecule has 1 aliphatic heterocycles. The molecular formula is C11H17N3O. The van der Waals surface area contributed by atoms with Crippen molar-refractivity contribution in [2.75, 3.05) is 25.9 Å². The number of pyridine rings is 1. The molecular weight excluding hydrogens is 190 g/mol. The second-order valence-electron chi connectivity index (χ2n) is 4.01. The number of hydrogen-bond acceptors (Lipinski definition) is 4. The first kappa shape index (κ1) is 10.2. The van der Waals surface area contributed by atoms with Crippen LogP contribution < -0.4 is 10.5 Å². The highest BCUT2D eigenvalue weighted by molar-refractivity contribution is 5.44. The van der Waals surface area contributed by atoms with Gasteiger partial charge < -0.3 is 15.4 Å². The van der Waals surface area contributed by atoms with Gasteiger partial charge in [-0.1, -0.05) is 0 Å². The zero-order valence-electron chi connectivity index (χ0n) is 9.02. The summed E-state index contributed by atoms with van der Waals surface area (Å²) in [7, 11) is 2.13. The predicted octanol–water partition coefficient (Wildman–Crippen LogP) is 1.14. The molecule has 1 aliphatic rings. The van der Waals surface area contributed by atoms with Gasteiger partial charge in [0, 0.05) is 19.3 Å². The lowest BCUT2D eigenvalue weighted by molar-refractivity contribution is 0.114. The number of ether oxygens (including phenoxy) is 1. The van der Waals surface area contributed by atoms with Crippen molar-refractivity contribution in [3.63, 3.8) is 0 Å². The van der Waals surface area contributed by atoms with Crippen LogP contribution in [0.2, 0.25) is 0 Å². The van der Waals surface area contributed by atoms with Crippen LogP contribution in [-0.2, 0) is 0 Å². The molecule has 1 saturated heterocycles. The van der Waals surface area contributed by atoms with E-state index < -0.39 is 0 Å². The Kier molecular flexibility index (Phi) is 3.06. The minimum atomic E-state index is 0.285. The molecule has 0 spiro atoms. The van der Waals surface area contributed by atoms with Crippen molar-refractivity contribution >= 4 is 5.82 Å². The van der Waals surface area contributed by atoms with Gasteiger partial charge in [-0.2, -0.15) is 0 Å². The van der Waals surface area contributed by atoms with Crippen LogP contribution in [0, 0.1) is 0 Å². The summed E-state index contributed by atoms with van der Waals surface area (Å²) in [5, 5.41) is 0. The van der Waals surface area contributed by atoms with E-state index in [0.717, 1.165) is 25.9 Å². The van der Waals surface area contributed by atoms with Gasteiger partial charge in [-0.15, -0.1) is 0 Å². The Labute approximate surface area is 90.0 Å². The Morgan fingerprint density at radius 1 is 1.47 bits per heavy atom. The summed E-state index contributed by atoms with van der Waals surface area (Å²) in [6.07, 6.45) is 4.08. The summed E-state index contributed by atoms with van der Waals surface area (Å²) in [5.41, 5.74) is 5.72. The number of anilines is 1. The third-order valence-electron chi connectivity index (χ3n) is 2.76. The lowest BCUT2D eigenvalue weighted by Gasteiger charge is -2.29. The molecule has 2 N–H and O–H groups in total. The zero-order valence-corrected chi connectivity index (χ0v) is 9.02. The fraction of sp³-hybridized carbons (Fsp3) is 0.545. The molecule has 4 nitrogen and oxygen atoms in total. The third kappa shape index (κ3) is 2.59. The minimum Gasteiger partial charge on any atom is -0.486 e. The molecule has 1 fully saturated rings. The monoisotopic (exact) mass is 207 g/mol. The molecule has 0 radical (unpaired) electrons. The highest BCUT2D eigenvalue weighted by Crippen LogP contribution is 2.22. The SMILES string of the molecule is CN1CCC(Oc2cccnc2N)CC1. The van der Waals surface area contributed by atoms with Gasteiger partial charge in [-0.3, -0.25) is 0 Å². The van der Waals surface area contributed by atoms with Crippen molar-refractivity contribution in [3.05, 3.63) is 18.3 Å². The van der Waals surface area contributed by atoms with Gasteiger partial charge in [0.2, 0.25) is 0 Å². The molecule has 1 aromatic rings. The number of rotatable bonds is 2. The lowest BCUT2D eigenvalue weighted by atomic mass is 10.1. The molecule has 15 heavy (non-hydrogen) atoms. The number of aromatic nitrogens is 1. The molecule has 0 amide bonds. The Bertz CT molecular complexity index is 321. The van der Waals surface area contributed by atoms with Crippen molar-refractivity contribution in [1.29, 1.82) is 0 Å². The molecule has 2 heterocycles. The smallest absolute Gasteiger partial charge is 0.166 e. The molecule has 0 atom stereocenters. The van der Waals surface area contributed by atoms with Crippen molar-refractivity contribution in [1.82, 2.24) is 9.88 Å². The van der Waals surface area contributed by atoms with Gasteiger partial charge >= 0.3 is 0 Å². The van der Waals surface area contributed by atoms with Crippen LogP contribution in [0.25, 0.3) is 0 Å². The quantitative estimate of drug-likeness (QED) is 0.790. The second-order valence-corrected chi connectivity index (χ2v) is 4.01.